The van der Waals surface area contributed by atoms with Crippen molar-refractivity contribution in [2.45, 2.75) is 19.5 Å². The Morgan fingerprint density at radius 3 is 2.72 bits per heavy atom. The molecule has 0 aliphatic carbocycles. The van der Waals surface area contributed by atoms with E-state index in [1.807, 2.05) is 0 Å². The lowest BCUT2D eigenvalue weighted by molar-refractivity contribution is -0.390. The number of carboxylic acid groups (broad SMARTS) is 1. The summed E-state index contributed by atoms with van der Waals surface area (Å²) in [6.45, 7) is 0.971. The van der Waals surface area contributed by atoms with Crippen LogP contribution in [0.2, 0.25) is 0 Å². The number of carboxylic acids is 1. The molecule has 1 aromatic heterocycles. The summed E-state index contributed by atoms with van der Waals surface area (Å²) in [5.74, 6) is -2.18. The van der Waals surface area contributed by atoms with Gasteiger partial charge in [-0.15, -0.1) is 0 Å². The summed E-state index contributed by atoms with van der Waals surface area (Å²) in [6.07, 6.45) is 1.27. The molecule has 0 saturated heterocycles. The minimum absolute atomic E-state index is 0.138. The molecule has 1 heterocycles. The normalized spacial score (nSPS) is 11.9. The van der Waals surface area contributed by atoms with Crippen molar-refractivity contribution in [1.29, 1.82) is 0 Å². The first-order valence-corrected chi connectivity index (χ1v) is 5.47. The fourth-order valence-corrected chi connectivity index (χ4v) is 1.68. The highest BCUT2D eigenvalue weighted by Gasteiger charge is 2.24. The average Bonchev–Trinajstić information content (AvgIpc) is 2.57. The Morgan fingerprint density at radius 2 is 2.33 bits per heavy atom. The minimum atomic E-state index is -1.25. The van der Waals surface area contributed by atoms with E-state index in [2.05, 4.69) is 26.3 Å². The molecule has 9 nitrogen and oxygen atoms in total. The summed E-state index contributed by atoms with van der Waals surface area (Å²) in [5, 5.41) is 25.2. The molecule has 18 heavy (non-hydrogen) atoms. The maximum Gasteiger partial charge on any atom is 0.404 e. The van der Waals surface area contributed by atoms with Crippen LogP contribution in [-0.2, 0) is 16.1 Å². The third-order valence-electron chi connectivity index (χ3n) is 1.92. The highest BCUT2D eigenvalue weighted by atomic mass is 79.9. The van der Waals surface area contributed by atoms with Crippen molar-refractivity contribution in [3.8, 4) is 0 Å². The largest absolute Gasteiger partial charge is 0.480 e. The van der Waals surface area contributed by atoms with Gasteiger partial charge in [-0.1, -0.05) is 0 Å². The third kappa shape index (κ3) is 3.52. The maximum absolute atomic E-state index is 10.9. The maximum atomic E-state index is 10.9. The molecule has 0 fully saturated rings. The number of hydrogen-bond donors (Lipinski definition) is 2. The second kappa shape index (κ2) is 5.58. The Labute approximate surface area is 109 Å². The molecule has 0 aliphatic heterocycles. The number of aromatic nitrogens is 2. The first-order chi connectivity index (χ1) is 8.31. The van der Waals surface area contributed by atoms with Gasteiger partial charge in [0.25, 0.3) is 0 Å². The molecular formula is C8H9BrN4O5. The van der Waals surface area contributed by atoms with Gasteiger partial charge >= 0.3 is 11.8 Å². The van der Waals surface area contributed by atoms with Crippen LogP contribution >= 0.6 is 15.9 Å². The van der Waals surface area contributed by atoms with E-state index >= 15 is 0 Å². The Hall–Kier alpha value is -1.97. The predicted molar refractivity (Wildman–Crippen MR) is 61.8 cm³/mol. The van der Waals surface area contributed by atoms with Crippen LogP contribution in [0.4, 0.5) is 5.82 Å². The lowest BCUT2D eigenvalue weighted by atomic mass is 10.3. The van der Waals surface area contributed by atoms with Gasteiger partial charge in [-0.25, -0.2) is 4.79 Å². The van der Waals surface area contributed by atoms with E-state index in [1.54, 1.807) is 0 Å². The van der Waals surface area contributed by atoms with Crippen molar-refractivity contribution in [1.82, 2.24) is 15.1 Å². The Bertz CT molecular complexity index is 500. The first-order valence-electron chi connectivity index (χ1n) is 4.68. The highest BCUT2D eigenvalue weighted by Crippen LogP contribution is 2.22. The zero-order valence-corrected chi connectivity index (χ0v) is 10.7. The first kappa shape index (κ1) is 14.1. The van der Waals surface area contributed by atoms with Gasteiger partial charge in [0.1, 0.15) is 10.5 Å². The number of aliphatic carboxylic acids is 1. The van der Waals surface area contributed by atoms with Gasteiger partial charge in [0.15, 0.2) is 0 Å². The number of nitro groups is 1. The van der Waals surface area contributed by atoms with Crippen molar-refractivity contribution >= 4 is 33.6 Å². The van der Waals surface area contributed by atoms with Crippen molar-refractivity contribution in [3.63, 3.8) is 0 Å². The second-order valence-corrected chi connectivity index (χ2v) is 4.23. The van der Waals surface area contributed by atoms with E-state index in [9.17, 15) is 19.7 Å². The molecule has 0 bridgehead atoms. The quantitative estimate of drug-likeness (QED) is 0.587. The Balaban J connectivity index is 2.87. The van der Waals surface area contributed by atoms with E-state index in [1.165, 1.54) is 13.1 Å². The number of nitrogens with one attached hydrogen (secondary N) is 1. The molecule has 0 aromatic carbocycles. The molecule has 0 radical (unpaired) electrons. The van der Waals surface area contributed by atoms with Crippen LogP contribution in [-0.4, -0.2) is 37.7 Å². The third-order valence-corrected chi connectivity index (χ3v) is 2.48. The summed E-state index contributed by atoms with van der Waals surface area (Å²) >= 11 is 2.94. The van der Waals surface area contributed by atoms with Crippen molar-refractivity contribution < 1.29 is 19.6 Å². The molecular weight excluding hydrogens is 312 g/mol. The average molecular weight is 321 g/mol. The van der Waals surface area contributed by atoms with Crippen LogP contribution in [0.1, 0.15) is 6.92 Å². The molecule has 2 N–H and O–H groups in total. The predicted octanol–water partition coefficient (Wildman–Crippen LogP) is 0.143. The number of rotatable bonds is 5. The number of carbonyl (C=O) groups excluding carboxylic acids is 1. The molecule has 0 saturated carbocycles. The number of halogens is 1. The van der Waals surface area contributed by atoms with Crippen LogP contribution in [0, 0.1) is 10.1 Å². The SMILES string of the molecule is CC(=O)NC(Cn1cc(Br)c([N+](=O)[O-])n1)C(=O)O. The molecule has 1 aromatic rings. The number of nitrogens with zero attached hydrogens (tertiary/aromatic N) is 3. The zero-order valence-electron chi connectivity index (χ0n) is 9.16. The molecule has 0 spiro atoms. The second-order valence-electron chi connectivity index (χ2n) is 3.37. The van der Waals surface area contributed by atoms with Crippen LogP contribution in [0.15, 0.2) is 10.7 Å². The van der Waals surface area contributed by atoms with Gasteiger partial charge in [0, 0.05) is 6.92 Å². The fourth-order valence-electron chi connectivity index (χ4n) is 1.22. The smallest absolute Gasteiger partial charge is 0.404 e. The van der Waals surface area contributed by atoms with Crippen molar-refractivity contribution in [3.05, 3.63) is 20.8 Å². The van der Waals surface area contributed by atoms with E-state index in [-0.39, 0.29) is 11.0 Å². The standard InChI is InChI=1S/C8H9BrN4O5/c1-4(14)10-6(8(15)16)3-12-2-5(9)7(11-12)13(17)18/h2,6H,3H2,1H3,(H,10,14)(H,15,16). The van der Waals surface area contributed by atoms with Crippen LogP contribution in [0.3, 0.4) is 0 Å². The Kier molecular flexibility index (Phi) is 4.37. The molecule has 0 aliphatic rings. The lowest BCUT2D eigenvalue weighted by Crippen LogP contribution is -2.42. The van der Waals surface area contributed by atoms with Gasteiger partial charge in [-0.3, -0.25) is 4.79 Å². The van der Waals surface area contributed by atoms with Gasteiger partial charge in [0.05, 0.1) is 17.8 Å². The summed E-state index contributed by atoms with van der Waals surface area (Å²) in [4.78, 5) is 31.5. The summed E-state index contributed by atoms with van der Waals surface area (Å²) < 4.78 is 1.22. The van der Waals surface area contributed by atoms with E-state index in [4.69, 9.17) is 5.11 Å². The Morgan fingerprint density at radius 1 is 1.72 bits per heavy atom. The van der Waals surface area contributed by atoms with Crippen LogP contribution in [0.25, 0.3) is 0 Å². The monoisotopic (exact) mass is 320 g/mol. The van der Waals surface area contributed by atoms with E-state index < -0.39 is 28.7 Å². The lowest BCUT2D eigenvalue weighted by Gasteiger charge is -2.10. The van der Waals surface area contributed by atoms with Crippen LogP contribution < -0.4 is 5.32 Å². The summed E-state index contributed by atoms with van der Waals surface area (Å²) in [6, 6.07) is -1.20. The van der Waals surface area contributed by atoms with Crippen LogP contribution in [0.5, 0.6) is 0 Å². The summed E-state index contributed by atoms with van der Waals surface area (Å²) in [7, 11) is 0. The van der Waals surface area contributed by atoms with Crippen molar-refractivity contribution in [2.24, 2.45) is 0 Å². The van der Waals surface area contributed by atoms with E-state index in [0.29, 0.717) is 0 Å². The number of hydrogen-bond acceptors (Lipinski definition) is 5. The molecule has 1 unspecified atom stereocenters. The van der Waals surface area contributed by atoms with Gasteiger partial charge in [-0.2, -0.15) is 4.68 Å². The zero-order chi connectivity index (χ0) is 13.9. The van der Waals surface area contributed by atoms with Gasteiger partial charge < -0.3 is 20.5 Å². The van der Waals surface area contributed by atoms with E-state index in [0.717, 1.165) is 4.68 Å². The number of amides is 1. The molecule has 1 amide bonds. The van der Waals surface area contributed by atoms with Gasteiger partial charge in [0.2, 0.25) is 5.91 Å². The topological polar surface area (TPSA) is 127 Å². The summed E-state index contributed by atoms with van der Waals surface area (Å²) in [5.41, 5.74) is 0. The van der Waals surface area contributed by atoms with Gasteiger partial charge in [-0.05, 0) is 20.9 Å². The molecule has 10 heteroatoms. The number of carbonyl (C=O) groups is 2. The molecule has 98 valence electrons. The fraction of sp³-hybridized carbons (Fsp3) is 0.375. The minimum Gasteiger partial charge on any atom is -0.480 e. The van der Waals surface area contributed by atoms with Crippen molar-refractivity contribution in [2.75, 3.05) is 0 Å². The molecule has 1 atom stereocenters. The molecule has 1 rings (SSSR count). The highest BCUT2D eigenvalue weighted by molar-refractivity contribution is 9.10.